The van der Waals surface area contributed by atoms with Crippen LogP contribution in [-0.4, -0.2) is 92.8 Å². The van der Waals surface area contributed by atoms with Gasteiger partial charge in [-0.25, -0.2) is 15.0 Å². The highest BCUT2D eigenvalue weighted by molar-refractivity contribution is 5.83. The summed E-state index contributed by atoms with van der Waals surface area (Å²) in [6, 6.07) is 0.268. The van der Waals surface area contributed by atoms with Gasteiger partial charge in [-0.3, -0.25) is 4.90 Å². The third kappa shape index (κ3) is 3.52. The van der Waals surface area contributed by atoms with Gasteiger partial charge in [0.2, 0.25) is 0 Å². The molecule has 27 heavy (non-hydrogen) atoms. The lowest BCUT2D eigenvalue weighted by Crippen LogP contribution is -2.53. The summed E-state index contributed by atoms with van der Waals surface area (Å²) in [5.41, 5.74) is 1.35. The van der Waals surface area contributed by atoms with E-state index in [1.165, 1.54) is 0 Å². The van der Waals surface area contributed by atoms with Crippen molar-refractivity contribution in [3.8, 4) is 0 Å². The normalized spacial score (nSPS) is 24.1. The topological polar surface area (TPSA) is 99.8 Å². The van der Waals surface area contributed by atoms with E-state index in [2.05, 4.69) is 31.7 Å². The number of fused-ring (bicyclic) bond motifs is 1. The Balaban J connectivity index is 1.56. The van der Waals surface area contributed by atoms with Crippen molar-refractivity contribution in [1.82, 2.24) is 24.4 Å². The number of aromatic nitrogens is 4. The lowest BCUT2D eigenvalue weighted by Gasteiger charge is -2.41. The Morgan fingerprint density at radius 1 is 1.30 bits per heavy atom. The van der Waals surface area contributed by atoms with Crippen LogP contribution in [0.15, 0.2) is 12.7 Å². The molecule has 0 aromatic carbocycles. The first-order chi connectivity index (χ1) is 13.0. The Hall–Kier alpha value is -1.81. The summed E-state index contributed by atoms with van der Waals surface area (Å²) in [5, 5.41) is 19.4. The number of piperazine rings is 1. The van der Waals surface area contributed by atoms with Crippen LogP contribution in [0, 0.1) is 5.41 Å². The van der Waals surface area contributed by atoms with Crippen LogP contribution in [0.5, 0.6) is 0 Å². The molecule has 9 nitrogen and oxygen atoms in total. The molecule has 0 saturated carbocycles. The molecule has 0 amide bonds. The van der Waals surface area contributed by atoms with Crippen LogP contribution in [0.4, 0.5) is 5.82 Å². The zero-order chi connectivity index (χ0) is 19.0. The van der Waals surface area contributed by atoms with Crippen molar-refractivity contribution >= 4 is 17.0 Å². The van der Waals surface area contributed by atoms with Crippen LogP contribution in [-0.2, 0) is 11.3 Å². The van der Waals surface area contributed by atoms with Crippen LogP contribution < -0.4 is 4.90 Å². The van der Waals surface area contributed by atoms with Crippen molar-refractivity contribution < 1.29 is 14.9 Å². The molecule has 2 N–H and O–H groups in total. The van der Waals surface area contributed by atoms with E-state index in [0.717, 1.165) is 36.6 Å². The van der Waals surface area contributed by atoms with Gasteiger partial charge in [0, 0.05) is 38.8 Å². The molecular formula is C18H28N6O3. The van der Waals surface area contributed by atoms with E-state index in [9.17, 15) is 10.2 Å². The monoisotopic (exact) mass is 376 g/mol. The van der Waals surface area contributed by atoms with Gasteiger partial charge in [-0.05, 0) is 13.8 Å². The zero-order valence-corrected chi connectivity index (χ0v) is 16.0. The summed E-state index contributed by atoms with van der Waals surface area (Å²) in [5.74, 6) is 0.853. The van der Waals surface area contributed by atoms with Crippen LogP contribution >= 0.6 is 0 Å². The van der Waals surface area contributed by atoms with Crippen LogP contribution in [0.25, 0.3) is 11.2 Å². The minimum absolute atomic E-state index is 0.0902. The van der Waals surface area contributed by atoms with E-state index >= 15 is 0 Å². The second-order valence-electron chi connectivity index (χ2n) is 8.04. The number of rotatable bonds is 6. The number of aliphatic hydroxyl groups is 2. The second-order valence-corrected chi connectivity index (χ2v) is 8.04. The average molecular weight is 376 g/mol. The van der Waals surface area contributed by atoms with Crippen LogP contribution in [0.3, 0.4) is 0 Å². The molecule has 4 heterocycles. The summed E-state index contributed by atoms with van der Waals surface area (Å²) in [6.45, 7) is 9.12. The Labute approximate surface area is 158 Å². The summed E-state index contributed by atoms with van der Waals surface area (Å²) in [6.07, 6.45) is 3.06. The molecule has 2 unspecified atom stereocenters. The number of β-amino-alcohol motifs (C(OH)–C–C–N with tert-alkyl or cyclic N) is 1. The third-order valence-corrected chi connectivity index (χ3v) is 5.55. The minimum Gasteiger partial charge on any atom is -0.396 e. The minimum atomic E-state index is -0.320. The molecule has 148 valence electrons. The van der Waals surface area contributed by atoms with E-state index in [-0.39, 0.29) is 24.2 Å². The molecular weight excluding hydrogens is 348 g/mol. The van der Waals surface area contributed by atoms with Crippen molar-refractivity contribution in [2.75, 3.05) is 50.9 Å². The van der Waals surface area contributed by atoms with Gasteiger partial charge in [-0.15, -0.1) is 0 Å². The van der Waals surface area contributed by atoms with Crippen LogP contribution in [0.1, 0.15) is 13.8 Å². The molecule has 2 aliphatic rings. The molecule has 2 aliphatic heterocycles. The number of hydrogen-bond donors (Lipinski definition) is 2. The van der Waals surface area contributed by atoms with Gasteiger partial charge in [0.15, 0.2) is 17.0 Å². The fraction of sp³-hybridized carbons (Fsp3) is 0.722. The van der Waals surface area contributed by atoms with Gasteiger partial charge < -0.3 is 24.4 Å². The predicted molar refractivity (Wildman–Crippen MR) is 101 cm³/mol. The summed E-state index contributed by atoms with van der Waals surface area (Å²) >= 11 is 0. The van der Waals surface area contributed by atoms with E-state index in [1.54, 1.807) is 12.7 Å². The molecule has 0 spiro atoms. The molecule has 2 fully saturated rings. The van der Waals surface area contributed by atoms with Crippen molar-refractivity contribution in [3.05, 3.63) is 12.7 Å². The Bertz CT molecular complexity index is 785. The SMILES string of the molecule is CC(O)CN1CCN(c2ncnc3c2ncn3CC2(CO)COC2)C(C)C1. The molecule has 2 atom stereocenters. The smallest absolute Gasteiger partial charge is 0.165 e. The molecule has 2 aromatic rings. The average Bonchev–Trinajstić information content (AvgIpc) is 3.01. The first-order valence-corrected chi connectivity index (χ1v) is 9.53. The fourth-order valence-electron chi connectivity index (χ4n) is 4.07. The van der Waals surface area contributed by atoms with Gasteiger partial charge in [0.1, 0.15) is 6.33 Å². The Morgan fingerprint density at radius 2 is 2.11 bits per heavy atom. The Morgan fingerprint density at radius 3 is 2.74 bits per heavy atom. The van der Waals surface area contributed by atoms with E-state index in [0.29, 0.717) is 26.3 Å². The second kappa shape index (κ2) is 7.31. The molecule has 2 saturated heterocycles. The van der Waals surface area contributed by atoms with Gasteiger partial charge in [0.05, 0.1) is 37.7 Å². The quantitative estimate of drug-likeness (QED) is 0.711. The highest BCUT2D eigenvalue weighted by Crippen LogP contribution is 2.31. The molecule has 2 aromatic heterocycles. The third-order valence-electron chi connectivity index (χ3n) is 5.55. The number of anilines is 1. The largest absolute Gasteiger partial charge is 0.396 e. The number of nitrogens with zero attached hydrogens (tertiary/aromatic N) is 6. The van der Waals surface area contributed by atoms with E-state index < -0.39 is 0 Å². The number of imidazole rings is 1. The molecule has 9 heteroatoms. The lowest BCUT2D eigenvalue weighted by molar-refractivity contribution is -0.144. The van der Waals surface area contributed by atoms with Crippen molar-refractivity contribution in [3.63, 3.8) is 0 Å². The predicted octanol–water partition coefficient (Wildman–Crippen LogP) is -0.273. The highest BCUT2D eigenvalue weighted by atomic mass is 16.5. The molecule has 0 radical (unpaired) electrons. The maximum atomic E-state index is 9.71. The number of aliphatic hydroxyl groups excluding tert-OH is 2. The van der Waals surface area contributed by atoms with Gasteiger partial charge in [-0.2, -0.15) is 0 Å². The summed E-state index contributed by atoms with van der Waals surface area (Å²) < 4.78 is 7.30. The molecule has 0 bridgehead atoms. The number of ether oxygens (including phenoxy) is 1. The van der Waals surface area contributed by atoms with Crippen molar-refractivity contribution in [1.29, 1.82) is 0 Å². The maximum Gasteiger partial charge on any atom is 0.165 e. The van der Waals surface area contributed by atoms with Crippen molar-refractivity contribution in [2.45, 2.75) is 32.5 Å². The van der Waals surface area contributed by atoms with Crippen LogP contribution in [0.2, 0.25) is 0 Å². The first kappa shape index (κ1) is 18.5. The zero-order valence-electron chi connectivity index (χ0n) is 16.0. The fourth-order valence-corrected chi connectivity index (χ4v) is 4.07. The van der Waals surface area contributed by atoms with Gasteiger partial charge in [0.25, 0.3) is 0 Å². The molecule has 0 aliphatic carbocycles. The maximum absolute atomic E-state index is 9.71. The first-order valence-electron chi connectivity index (χ1n) is 9.53. The van der Waals surface area contributed by atoms with Crippen molar-refractivity contribution in [2.24, 2.45) is 5.41 Å². The van der Waals surface area contributed by atoms with E-state index in [1.807, 2.05) is 11.5 Å². The standard InChI is InChI=1S/C18H28N6O3/c1-13-5-22(6-14(2)26)3-4-24(13)17-15-16(19-11-20-17)23(12-21-15)7-18(8-25)9-27-10-18/h11-14,25-26H,3-10H2,1-2H3. The Kier molecular flexibility index (Phi) is 5.02. The molecule has 4 rings (SSSR count). The lowest BCUT2D eigenvalue weighted by atomic mass is 9.87. The van der Waals surface area contributed by atoms with Gasteiger partial charge >= 0.3 is 0 Å². The summed E-state index contributed by atoms with van der Waals surface area (Å²) in [4.78, 5) is 18.1. The van der Waals surface area contributed by atoms with E-state index in [4.69, 9.17) is 4.74 Å². The van der Waals surface area contributed by atoms with Gasteiger partial charge in [-0.1, -0.05) is 0 Å². The highest BCUT2D eigenvalue weighted by Gasteiger charge is 2.39. The summed E-state index contributed by atoms with van der Waals surface area (Å²) in [7, 11) is 0. The number of hydrogen-bond acceptors (Lipinski definition) is 8.